The normalized spacial score (nSPS) is 10.5. The number of ether oxygens (including phenoxy) is 3. The number of rotatable bonds is 0. The van der Waals surface area contributed by atoms with E-state index in [4.69, 9.17) is 38.4 Å². The van der Waals surface area contributed by atoms with E-state index in [0.29, 0.717) is 10.8 Å². The lowest BCUT2D eigenvalue weighted by atomic mass is 10.2. The zero-order valence-corrected chi connectivity index (χ0v) is 20.2. The summed E-state index contributed by atoms with van der Waals surface area (Å²) in [5.41, 5.74) is 4.83. The van der Waals surface area contributed by atoms with Crippen LogP contribution in [0.3, 0.4) is 0 Å². The van der Waals surface area contributed by atoms with Crippen molar-refractivity contribution in [3.8, 4) is 0 Å². The highest BCUT2D eigenvalue weighted by Gasteiger charge is 2.24. The number of nitrogens with two attached hydrogens (primary N) is 1. The van der Waals surface area contributed by atoms with Gasteiger partial charge in [0.25, 0.3) is 0 Å². The smallest absolute Gasteiger partial charge is 0.428 e. The monoisotopic (exact) mass is 473 g/mol. The van der Waals surface area contributed by atoms with Gasteiger partial charge in [0.2, 0.25) is 0 Å². The average molecular weight is 474 g/mol. The fraction of sp³-hybridized carbons (Fsp3) is 0.429. The molecular weight excluding hydrogens is 445 g/mol. The molecule has 0 fully saturated rings. The van der Waals surface area contributed by atoms with Crippen molar-refractivity contribution in [3.05, 3.63) is 52.4 Å². The second kappa shape index (κ2) is 13.0. The molecule has 0 aliphatic heterocycles. The molecule has 0 aliphatic rings. The molecule has 0 radical (unpaired) electrons. The lowest BCUT2D eigenvalue weighted by Crippen LogP contribution is -2.29. The van der Waals surface area contributed by atoms with E-state index in [0.717, 1.165) is 10.7 Å². The van der Waals surface area contributed by atoms with Crippen LogP contribution in [0.25, 0.3) is 0 Å². The summed E-state index contributed by atoms with van der Waals surface area (Å²) in [6.45, 7) is 11.9. The number of aromatic nitrogens is 2. The summed E-state index contributed by atoms with van der Waals surface area (Å²) in [6, 6.07) is 6.86. The number of hydrogen-bond donors (Lipinski definition) is 1. The summed E-state index contributed by atoms with van der Waals surface area (Å²) in [5, 5.41) is 1.37. The third-order valence-electron chi connectivity index (χ3n) is 2.55. The van der Waals surface area contributed by atoms with Gasteiger partial charge < -0.3 is 19.9 Å². The minimum atomic E-state index is -1.06. The van der Waals surface area contributed by atoms with E-state index < -0.39 is 23.5 Å². The Bertz CT molecular complexity index is 745. The van der Waals surface area contributed by atoms with Crippen molar-refractivity contribution in [1.82, 2.24) is 9.97 Å². The van der Waals surface area contributed by atoms with Crippen LogP contribution in [0, 0.1) is 6.92 Å². The van der Waals surface area contributed by atoms with Gasteiger partial charge in [-0.15, -0.1) is 0 Å². The van der Waals surface area contributed by atoms with E-state index in [-0.39, 0.29) is 0 Å². The van der Waals surface area contributed by atoms with Crippen molar-refractivity contribution in [2.24, 2.45) is 0 Å². The van der Waals surface area contributed by atoms with Gasteiger partial charge in [-0.25, -0.2) is 14.6 Å². The van der Waals surface area contributed by atoms with E-state index >= 15 is 0 Å². The number of carbonyl (C=O) groups excluding carboxylic acids is 2. The molecule has 0 atom stereocenters. The van der Waals surface area contributed by atoms with Gasteiger partial charge in [0.05, 0.1) is 0 Å². The van der Waals surface area contributed by atoms with Gasteiger partial charge in [0, 0.05) is 28.1 Å². The molecule has 2 aromatic rings. The van der Waals surface area contributed by atoms with Gasteiger partial charge in [-0.2, -0.15) is 0 Å². The van der Waals surface area contributed by atoms with E-state index in [1.165, 1.54) is 0 Å². The Kier molecular flexibility index (Phi) is 11.9. The first-order chi connectivity index (χ1) is 14.1. The molecular formula is C21H29Cl2N3O5. The number of pyridine rings is 2. The number of anilines is 1. The molecule has 2 rings (SSSR count). The van der Waals surface area contributed by atoms with Gasteiger partial charge in [-0.1, -0.05) is 23.2 Å². The molecule has 0 amide bonds. The predicted molar refractivity (Wildman–Crippen MR) is 121 cm³/mol. The number of halogens is 2. The molecule has 2 aromatic heterocycles. The number of carbonyl (C=O) groups is 2. The van der Waals surface area contributed by atoms with Crippen molar-refractivity contribution in [1.29, 1.82) is 0 Å². The Morgan fingerprint density at radius 1 is 0.839 bits per heavy atom. The van der Waals surface area contributed by atoms with Crippen molar-refractivity contribution >= 4 is 41.3 Å². The second-order valence-electron chi connectivity index (χ2n) is 8.05. The van der Waals surface area contributed by atoms with Crippen LogP contribution in [0.1, 0.15) is 47.2 Å². The second-order valence-corrected chi connectivity index (χ2v) is 8.92. The highest BCUT2D eigenvalue weighted by molar-refractivity contribution is 6.30. The van der Waals surface area contributed by atoms with Gasteiger partial charge >= 0.3 is 12.3 Å². The Morgan fingerprint density at radius 3 is 1.52 bits per heavy atom. The maximum atomic E-state index is 11.0. The zero-order chi connectivity index (χ0) is 24.2. The summed E-state index contributed by atoms with van der Waals surface area (Å²) >= 11 is 11.1. The first kappa shape index (κ1) is 28.4. The van der Waals surface area contributed by atoms with Gasteiger partial charge in [-0.3, -0.25) is 4.98 Å². The van der Waals surface area contributed by atoms with Crippen LogP contribution in [-0.4, -0.2) is 33.5 Å². The zero-order valence-electron chi connectivity index (χ0n) is 18.7. The van der Waals surface area contributed by atoms with Crippen LogP contribution < -0.4 is 5.73 Å². The maximum Gasteiger partial charge on any atom is 0.519 e. The van der Waals surface area contributed by atoms with E-state index in [9.17, 15) is 9.59 Å². The largest absolute Gasteiger partial charge is 0.519 e. The SMILES string of the molecule is CC(C)(C)OC(=O)OC(=O)OC(C)(C)C.Cc1cc(Cl)ccn1.Nc1cc(Cl)ccn1. The third-order valence-corrected chi connectivity index (χ3v) is 3.02. The first-order valence-electron chi connectivity index (χ1n) is 9.16. The van der Waals surface area contributed by atoms with Gasteiger partial charge in [0.15, 0.2) is 0 Å². The summed E-state index contributed by atoms with van der Waals surface area (Å²) in [5.74, 6) is 0.456. The molecule has 0 aromatic carbocycles. The molecule has 0 saturated heterocycles. The minimum Gasteiger partial charge on any atom is -0.428 e. The third kappa shape index (κ3) is 17.9. The molecule has 172 valence electrons. The van der Waals surface area contributed by atoms with Crippen LogP contribution in [0.5, 0.6) is 0 Å². The van der Waals surface area contributed by atoms with E-state index in [1.54, 1.807) is 72.1 Å². The van der Waals surface area contributed by atoms with Crippen LogP contribution in [0.15, 0.2) is 36.7 Å². The van der Waals surface area contributed by atoms with Crippen LogP contribution in [0.2, 0.25) is 10.0 Å². The molecule has 8 nitrogen and oxygen atoms in total. The first-order valence-corrected chi connectivity index (χ1v) is 9.92. The van der Waals surface area contributed by atoms with Crippen molar-refractivity contribution < 1.29 is 23.8 Å². The molecule has 0 aliphatic carbocycles. The lowest BCUT2D eigenvalue weighted by molar-refractivity contribution is -0.0293. The topological polar surface area (TPSA) is 114 Å². The molecule has 0 bridgehead atoms. The van der Waals surface area contributed by atoms with Crippen molar-refractivity contribution in [3.63, 3.8) is 0 Å². The molecule has 31 heavy (non-hydrogen) atoms. The number of hydrogen-bond acceptors (Lipinski definition) is 8. The maximum absolute atomic E-state index is 11.0. The fourth-order valence-electron chi connectivity index (χ4n) is 1.54. The standard InChI is InChI=1S/C10H18O5.C6H6ClN.C5H5ClN2/c1-9(2,3)14-7(11)13-8(12)15-10(4,5)6;1-5-4-6(7)2-3-8-5;6-4-1-2-8-5(7)3-4/h1-6H3;2-4H,1H3;1-3H,(H2,7,8). The summed E-state index contributed by atoms with van der Waals surface area (Å²) < 4.78 is 13.8. The van der Waals surface area contributed by atoms with Crippen molar-refractivity contribution in [2.45, 2.75) is 59.7 Å². The van der Waals surface area contributed by atoms with Crippen LogP contribution in [0.4, 0.5) is 15.4 Å². The number of nitrogen functional groups attached to an aromatic ring is 1. The lowest BCUT2D eigenvalue weighted by Gasteiger charge is -2.20. The molecule has 10 heteroatoms. The summed E-state index contributed by atoms with van der Waals surface area (Å²) in [6.07, 6.45) is 1.14. The molecule has 0 spiro atoms. The summed E-state index contributed by atoms with van der Waals surface area (Å²) in [4.78, 5) is 29.7. The number of nitrogens with zero attached hydrogens (tertiary/aromatic N) is 2. The van der Waals surface area contributed by atoms with Crippen LogP contribution in [-0.2, 0) is 14.2 Å². The Hall–Kier alpha value is -2.58. The van der Waals surface area contributed by atoms with E-state index in [2.05, 4.69) is 14.7 Å². The highest BCUT2D eigenvalue weighted by atomic mass is 35.5. The average Bonchev–Trinajstić information content (AvgIpc) is 2.51. The van der Waals surface area contributed by atoms with Crippen molar-refractivity contribution in [2.75, 3.05) is 5.73 Å². The minimum absolute atomic E-state index is 0.456. The highest BCUT2D eigenvalue weighted by Crippen LogP contribution is 2.11. The van der Waals surface area contributed by atoms with Gasteiger partial charge in [-0.05, 0) is 72.7 Å². The molecule has 0 saturated carbocycles. The predicted octanol–water partition coefficient (Wildman–Crippen LogP) is 6.23. The fourth-order valence-corrected chi connectivity index (χ4v) is 1.92. The quantitative estimate of drug-likeness (QED) is 0.353. The van der Waals surface area contributed by atoms with Crippen LogP contribution >= 0.6 is 23.2 Å². The summed E-state index contributed by atoms with van der Waals surface area (Å²) in [7, 11) is 0. The Morgan fingerprint density at radius 2 is 1.26 bits per heavy atom. The van der Waals surface area contributed by atoms with Gasteiger partial charge in [0.1, 0.15) is 17.0 Å². The molecule has 2 heterocycles. The Balaban J connectivity index is 0.000000471. The number of aryl methyl sites for hydroxylation is 1. The molecule has 2 N–H and O–H groups in total. The van der Waals surface area contributed by atoms with E-state index in [1.807, 2.05) is 13.0 Å². The Labute approximate surface area is 193 Å². The molecule has 0 unspecified atom stereocenters.